The lowest BCUT2D eigenvalue weighted by Gasteiger charge is -2.34. The number of benzene rings is 1. The SMILES string of the molecule is CC1CC2(CN1Cc1ccccc1)NCCc1[nH]cnc12. The van der Waals surface area contributed by atoms with Crippen molar-refractivity contribution < 1.29 is 0 Å². The molecule has 3 heterocycles. The highest BCUT2D eigenvalue weighted by molar-refractivity contribution is 5.28. The molecule has 0 saturated carbocycles. The van der Waals surface area contributed by atoms with Crippen molar-refractivity contribution in [3.63, 3.8) is 0 Å². The van der Waals surface area contributed by atoms with E-state index in [0.717, 1.165) is 32.5 Å². The molecule has 1 fully saturated rings. The summed E-state index contributed by atoms with van der Waals surface area (Å²) in [6, 6.07) is 11.3. The Balaban J connectivity index is 1.59. The lowest BCUT2D eigenvalue weighted by molar-refractivity contribution is 0.237. The van der Waals surface area contributed by atoms with Gasteiger partial charge in [-0.1, -0.05) is 30.3 Å². The fourth-order valence-electron chi connectivity index (χ4n) is 3.96. The summed E-state index contributed by atoms with van der Waals surface area (Å²) >= 11 is 0. The molecular weight excluding hydrogens is 260 g/mol. The lowest BCUT2D eigenvalue weighted by atomic mass is 9.87. The molecule has 0 bridgehead atoms. The van der Waals surface area contributed by atoms with Crippen LogP contribution in [0.15, 0.2) is 36.7 Å². The van der Waals surface area contributed by atoms with Crippen LogP contribution in [0.2, 0.25) is 0 Å². The Labute approximate surface area is 125 Å². The van der Waals surface area contributed by atoms with Crippen LogP contribution in [0.1, 0.15) is 30.3 Å². The maximum absolute atomic E-state index is 4.62. The minimum atomic E-state index is 0.0434. The zero-order valence-electron chi connectivity index (χ0n) is 12.5. The molecule has 4 rings (SSSR count). The second-order valence-corrected chi connectivity index (χ2v) is 6.43. The molecule has 4 nitrogen and oxygen atoms in total. The van der Waals surface area contributed by atoms with Gasteiger partial charge in [0.05, 0.1) is 17.6 Å². The summed E-state index contributed by atoms with van der Waals surface area (Å²) < 4.78 is 0. The first-order chi connectivity index (χ1) is 10.3. The highest BCUT2D eigenvalue weighted by Gasteiger charge is 2.47. The summed E-state index contributed by atoms with van der Waals surface area (Å²) in [5.41, 5.74) is 4.00. The van der Waals surface area contributed by atoms with E-state index in [9.17, 15) is 0 Å². The van der Waals surface area contributed by atoms with Gasteiger partial charge < -0.3 is 10.3 Å². The number of hydrogen-bond donors (Lipinski definition) is 2. The zero-order valence-corrected chi connectivity index (χ0v) is 12.5. The van der Waals surface area contributed by atoms with Crippen LogP contribution in [0.25, 0.3) is 0 Å². The summed E-state index contributed by atoms with van der Waals surface area (Å²) in [6.45, 7) is 5.44. The van der Waals surface area contributed by atoms with Gasteiger partial charge in [-0.2, -0.15) is 0 Å². The second-order valence-electron chi connectivity index (χ2n) is 6.43. The monoisotopic (exact) mass is 282 g/mol. The third-order valence-electron chi connectivity index (χ3n) is 4.98. The summed E-state index contributed by atoms with van der Waals surface area (Å²) in [5, 5.41) is 3.76. The number of rotatable bonds is 2. The third kappa shape index (κ3) is 2.19. The van der Waals surface area contributed by atoms with Gasteiger partial charge in [-0.05, 0) is 18.9 Å². The van der Waals surface area contributed by atoms with Crippen LogP contribution in [-0.2, 0) is 18.5 Å². The molecule has 110 valence electrons. The molecule has 2 unspecified atom stereocenters. The van der Waals surface area contributed by atoms with E-state index in [1.165, 1.54) is 17.0 Å². The minimum absolute atomic E-state index is 0.0434. The van der Waals surface area contributed by atoms with Crippen molar-refractivity contribution in [2.45, 2.75) is 37.9 Å². The molecule has 1 saturated heterocycles. The molecule has 1 aromatic carbocycles. The number of aromatic nitrogens is 2. The predicted octanol–water partition coefficient (Wildman–Crippen LogP) is 2.05. The first kappa shape index (κ1) is 13.0. The van der Waals surface area contributed by atoms with E-state index in [1.54, 1.807) is 0 Å². The number of aromatic amines is 1. The minimum Gasteiger partial charge on any atom is -0.348 e. The van der Waals surface area contributed by atoms with Crippen molar-refractivity contribution in [3.8, 4) is 0 Å². The smallest absolute Gasteiger partial charge is 0.0926 e. The Kier molecular flexibility index (Phi) is 3.08. The molecule has 0 radical (unpaired) electrons. The summed E-state index contributed by atoms with van der Waals surface area (Å²) in [6.07, 6.45) is 4.05. The first-order valence-electron chi connectivity index (χ1n) is 7.83. The number of nitrogens with zero attached hydrogens (tertiary/aromatic N) is 2. The lowest BCUT2D eigenvalue weighted by Crippen LogP contribution is -2.49. The van der Waals surface area contributed by atoms with E-state index in [4.69, 9.17) is 0 Å². The van der Waals surface area contributed by atoms with E-state index in [2.05, 4.69) is 57.4 Å². The van der Waals surface area contributed by atoms with Crippen molar-refractivity contribution in [2.24, 2.45) is 0 Å². The van der Waals surface area contributed by atoms with E-state index in [1.807, 2.05) is 6.33 Å². The van der Waals surface area contributed by atoms with Crippen LogP contribution >= 0.6 is 0 Å². The number of nitrogens with one attached hydrogen (secondary N) is 2. The largest absolute Gasteiger partial charge is 0.348 e. The van der Waals surface area contributed by atoms with Gasteiger partial charge in [0.15, 0.2) is 0 Å². The Morgan fingerprint density at radius 2 is 2.19 bits per heavy atom. The quantitative estimate of drug-likeness (QED) is 0.886. The van der Waals surface area contributed by atoms with Gasteiger partial charge >= 0.3 is 0 Å². The molecule has 4 heteroatoms. The van der Waals surface area contributed by atoms with Gasteiger partial charge in [-0.15, -0.1) is 0 Å². The molecule has 1 aromatic heterocycles. The molecule has 21 heavy (non-hydrogen) atoms. The predicted molar refractivity (Wildman–Crippen MR) is 82.9 cm³/mol. The third-order valence-corrected chi connectivity index (χ3v) is 4.98. The number of imidazole rings is 1. The molecule has 0 amide bonds. The van der Waals surface area contributed by atoms with Crippen LogP contribution in [0.4, 0.5) is 0 Å². The Hall–Kier alpha value is -1.65. The van der Waals surface area contributed by atoms with Crippen molar-refractivity contribution in [3.05, 3.63) is 53.6 Å². The highest BCUT2D eigenvalue weighted by atomic mass is 15.3. The molecule has 2 N–H and O–H groups in total. The van der Waals surface area contributed by atoms with E-state index >= 15 is 0 Å². The van der Waals surface area contributed by atoms with Crippen molar-refractivity contribution >= 4 is 0 Å². The zero-order chi connectivity index (χ0) is 14.3. The number of H-pyrrole nitrogens is 1. The van der Waals surface area contributed by atoms with Gasteiger partial charge in [-0.25, -0.2) is 4.98 Å². The van der Waals surface area contributed by atoms with Crippen LogP contribution in [0.3, 0.4) is 0 Å². The van der Waals surface area contributed by atoms with Crippen molar-refractivity contribution in [1.82, 2.24) is 20.2 Å². The van der Waals surface area contributed by atoms with Gasteiger partial charge in [0.1, 0.15) is 0 Å². The molecule has 2 aliphatic rings. The Morgan fingerprint density at radius 3 is 3.05 bits per heavy atom. The fourth-order valence-corrected chi connectivity index (χ4v) is 3.96. The van der Waals surface area contributed by atoms with E-state index in [0.29, 0.717) is 6.04 Å². The fraction of sp³-hybridized carbons (Fsp3) is 0.471. The van der Waals surface area contributed by atoms with Gasteiger partial charge in [0.25, 0.3) is 0 Å². The molecule has 1 spiro atoms. The van der Waals surface area contributed by atoms with Crippen molar-refractivity contribution in [2.75, 3.05) is 13.1 Å². The second kappa shape index (κ2) is 4.97. The van der Waals surface area contributed by atoms with E-state index < -0.39 is 0 Å². The summed E-state index contributed by atoms with van der Waals surface area (Å²) in [7, 11) is 0. The number of hydrogen-bond acceptors (Lipinski definition) is 3. The van der Waals surface area contributed by atoms with Crippen molar-refractivity contribution in [1.29, 1.82) is 0 Å². The molecular formula is C17H22N4. The summed E-state index contributed by atoms with van der Waals surface area (Å²) in [4.78, 5) is 10.5. The molecule has 2 atom stereocenters. The van der Waals surface area contributed by atoms with Gasteiger partial charge in [-0.3, -0.25) is 4.90 Å². The van der Waals surface area contributed by atoms with E-state index in [-0.39, 0.29) is 5.54 Å². The Morgan fingerprint density at radius 1 is 1.33 bits per heavy atom. The summed E-state index contributed by atoms with van der Waals surface area (Å²) in [5.74, 6) is 0. The topological polar surface area (TPSA) is 44.0 Å². The standard InChI is InChI=1S/C17H22N4/c1-13-9-17(16-15(7-8-20-17)18-12-19-16)11-21(13)10-14-5-3-2-4-6-14/h2-6,12-13,20H,7-11H2,1H3,(H,18,19). The van der Waals surface area contributed by atoms with Crippen LogP contribution < -0.4 is 5.32 Å². The first-order valence-corrected chi connectivity index (χ1v) is 7.83. The van der Waals surface area contributed by atoms with Crippen LogP contribution in [0, 0.1) is 0 Å². The molecule has 2 aliphatic heterocycles. The van der Waals surface area contributed by atoms with Gasteiger partial charge in [0.2, 0.25) is 0 Å². The Bertz CT molecular complexity index is 621. The average Bonchev–Trinajstić information content (AvgIpc) is 3.08. The molecule has 0 aliphatic carbocycles. The maximum atomic E-state index is 4.62. The normalized spacial score (nSPS) is 28.9. The number of likely N-dealkylation sites (tertiary alicyclic amines) is 1. The van der Waals surface area contributed by atoms with Crippen LogP contribution in [0.5, 0.6) is 0 Å². The highest BCUT2D eigenvalue weighted by Crippen LogP contribution is 2.38. The average molecular weight is 282 g/mol. The maximum Gasteiger partial charge on any atom is 0.0926 e. The number of fused-ring (bicyclic) bond motifs is 2. The molecule has 2 aromatic rings. The van der Waals surface area contributed by atoms with Crippen LogP contribution in [-0.4, -0.2) is 34.0 Å². The van der Waals surface area contributed by atoms with Gasteiger partial charge in [0, 0.05) is 37.8 Å².